The van der Waals surface area contributed by atoms with E-state index in [1.165, 1.54) is 37.3 Å². The number of nitrogens with zero attached hydrogens (tertiary/aromatic N) is 1. The van der Waals surface area contributed by atoms with Gasteiger partial charge in [0.15, 0.2) is 0 Å². The Morgan fingerprint density at radius 2 is 2.12 bits per heavy atom. The van der Waals surface area contributed by atoms with Crippen molar-refractivity contribution in [2.45, 2.75) is 51.6 Å². The lowest BCUT2D eigenvalue weighted by molar-refractivity contribution is -0.00187. The average Bonchev–Trinajstić information content (AvgIpc) is 2.72. The molecule has 0 aromatic carbocycles. The smallest absolute Gasteiger partial charge is 0.0458 e. The first kappa shape index (κ1) is 13.7. The molecule has 3 heteroatoms. The molecular weight excluding hydrogens is 228 g/mol. The Labute approximate surface area is 111 Å². The van der Waals surface area contributed by atoms with Crippen molar-refractivity contribution in [1.29, 1.82) is 0 Å². The predicted octanol–water partition coefficient (Wildman–Crippen LogP) is 2.58. The van der Waals surface area contributed by atoms with Gasteiger partial charge in [-0.1, -0.05) is 20.3 Å². The summed E-state index contributed by atoms with van der Waals surface area (Å²) in [5, 5.41) is 0. The summed E-state index contributed by atoms with van der Waals surface area (Å²) < 4.78 is 0. The second-order valence-electron chi connectivity index (χ2n) is 6.08. The van der Waals surface area contributed by atoms with E-state index in [-0.39, 0.29) is 5.54 Å². The summed E-state index contributed by atoms with van der Waals surface area (Å²) in [5.41, 5.74) is 6.47. The van der Waals surface area contributed by atoms with Crippen LogP contribution in [0.2, 0.25) is 0 Å². The van der Waals surface area contributed by atoms with Gasteiger partial charge in [-0.2, -0.15) is 11.8 Å². The van der Waals surface area contributed by atoms with Crippen molar-refractivity contribution in [2.24, 2.45) is 17.6 Å². The molecule has 4 unspecified atom stereocenters. The van der Waals surface area contributed by atoms with E-state index in [2.05, 4.69) is 37.4 Å². The number of nitrogens with two attached hydrogens (primary N) is 1. The molecule has 0 spiro atoms. The van der Waals surface area contributed by atoms with Gasteiger partial charge in [-0.3, -0.25) is 4.90 Å². The quantitative estimate of drug-likeness (QED) is 0.841. The SMILES string of the molecule is CCC1CCC(C)N(C2(CN)CSCC2C)C1. The van der Waals surface area contributed by atoms with Gasteiger partial charge in [-0.25, -0.2) is 0 Å². The Morgan fingerprint density at radius 1 is 1.35 bits per heavy atom. The number of hydrogen-bond donors (Lipinski definition) is 1. The molecule has 2 rings (SSSR count). The molecule has 2 aliphatic rings. The second-order valence-corrected chi connectivity index (χ2v) is 7.11. The molecule has 2 N–H and O–H groups in total. The second kappa shape index (κ2) is 5.50. The van der Waals surface area contributed by atoms with E-state index < -0.39 is 0 Å². The highest BCUT2D eigenvalue weighted by Gasteiger charge is 2.47. The molecule has 2 nitrogen and oxygen atoms in total. The van der Waals surface area contributed by atoms with Gasteiger partial charge in [0, 0.05) is 30.4 Å². The lowest BCUT2D eigenvalue weighted by atomic mass is 9.81. The standard InChI is InChI=1S/C14H28N2S/c1-4-13-6-5-12(3)16(7-13)14(9-15)10-17-8-11(14)2/h11-13H,4-10,15H2,1-3H3. The molecule has 0 saturated carbocycles. The van der Waals surface area contributed by atoms with E-state index in [1.807, 2.05) is 0 Å². The molecule has 4 atom stereocenters. The summed E-state index contributed by atoms with van der Waals surface area (Å²) in [6.07, 6.45) is 4.10. The van der Waals surface area contributed by atoms with Gasteiger partial charge >= 0.3 is 0 Å². The molecule has 2 heterocycles. The maximum absolute atomic E-state index is 6.18. The van der Waals surface area contributed by atoms with Crippen LogP contribution in [-0.4, -0.2) is 41.1 Å². The lowest BCUT2D eigenvalue weighted by Crippen LogP contribution is -2.63. The number of likely N-dealkylation sites (tertiary alicyclic amines) is 1. The Balaban J connectivity index is 2.17. The summed E-state index contributed by atoms with van der Waals surface area (Å²) in [6, 6.07) is 0.725. The van der Waals surface area contributed by atoms with Crippen molar-refractivity contribution in [1.82, 2.24) is 4.90 Å². The Hall–Kier alpha value is 0.270. The molecule has 0 aromatic heterocycles. The molecule has 0 radical (unpaired) electrons. The number of piperidine rings is 1. The molecule has 100 valence electrons. The van der Waals surface area contributed by atoms with E-state index >= 15 is 0 Å². The van der Waals surface area contributed by atoms with Crippen molar-refractivity contribution in [3.63, 3.8) is 0 Å². The number of hydrogen-bond acceptors (Lipinski definition) is 3. The number of rotatable bonds is 3. The predicted molar refractivity (Wildman–Crippen MR) is 77.5 cm³/mol. The van der Waals surface area contributed by atoms with Crippen molar-refractivity contribution < 1.29 is 0 Å². The normalized spacial score (nSPS) is 44.1. The summed E-state index contributed by atoms with van der Waals surface area (Å²) in [5.74, 6) is 4.17. The minimum Gasteiger partial charge on any atom is -0.329 e. The zero-order valence-corrected chi connectivity index (χ0v) is 12.4. The molecule has 2 saturated heterocycles. The van der Waals surface area contributed by atoms with Gasteiger partial charge in [-0.05, 0) is 37.4 Å². The van der Waals surface area contributed by atoms with Crippen LogP contribution in [0.3, 0.4) is 0 Å². The van der Waals surface area contributed by atoms with Crippen LogP contribution < -0.4 is 5.73 Å². The molecule has 2 aliphatic heterocycles. The highest BCUT2D eigenvalue weighted by atomic mass is 32.2. The van der Waals surface area contributed by atoms with Crippen LogP contribution in [0.15, 0.2) is 0 Å². The van der Waals surface area contributed by atoms with Crippen molar-refractivity contribution in [2.75, 3.05) is 24.6 Å². The molecule has 0 aromatic rings. The fourth-order valence-corrected chi connectivity index (χ4v) is 5.29. The average molecular weight is 256 g/mol. The molecule has 2 fully saturated rings. The van der Waals surface area contributed by atoms with Crippen LogP contribution in [0.5, 0.6) is 0 Å². The van der Waals surface area contributed by atoms with Crippen molar-refractivity contribution in [3.8, 4) is 0 Å². The molecule has 0 bridgehead atoms. The summed E-state index contributed by atoms with van der Waals surface area (Å²) >= 11 is 2.10. The van der Waals surface area contributed by atoms with E-state index in [0.29, 0.717) is 0 Å². The molecular formula is C14H28N2S. The third-order valence-corrected chi connectivity index (χ3v) is 6.56. The van der Waals surface area contributed by atoms with E-state index in [9.17, 15) is 0 Å². The Kier molecular flexibility index (Phi) is 4.43. The van der Waals surface area contributed by atoms with Crippen LogP contribution in [0.25, 0.3) is 0 Å². The zero-order chi connectivity index (χ0) is 12.5. The Bertz CT molecular complexity index is 259. The fraction of sp³-hybridized carbons (Fsp3) is 1.00. The number of thioether (sulfide) groups is 1. The van der Waals surface area contributed by atoms with E-state index in [4.69, 9.17) is 5.73 Å². The first-order valence-corrected chi connectivity index (χ1v) is 8.34. The minimum atomic E-state index is 0.290. The van der Waals surface area contributed by atoms with Crippen LogP contribution in [0.1, 0.15) is 40.0 Å². The zero-order valence-electron chi connectivity index (χ0n) is 11.6. The summed E-state index contributed by atoms with van der Waals surface area (Å²) in [7, 11) is 0. The fourth-order valence-electron chi connectivity index (χ4n) is 3.59. The summed E-state index contributed by atoms with van der Waals surface area (Å²) in [4.78, 5) is 2.77. The van der Waals surface area contributed by atoms with Crippen LogP contribution >= 0.6 is 11.8 Å². The van der Waals surface area contributed by atoms with Gasteiger partial charge in [0.1, 0.15) is 0 Å². The summed E-state index contributed by atoms with van der Waals surface area (Å²) in [6.45, 7) is 9.25. The largest absolute Gasteiger partial charge is 0.329 e. The van der Waals surface area contributed by atoms with Crippen LogP contribution in [0.4, 0.5) is 0 Å². The van der Waals surface area contributed by atoms with Gasteiger partial charge in [0.2, 0.25) is 0 Å². The first-order valence-electron chi connectivity index (χ1n) is 7.18. The topological polar surface area (TPSA) is 29.3 Å². The third kappa shape index (κ3) is 2.39. The monoisotopic (exact) mass is 256 g/mol. The maximum atomic E-state index is 6.18. The lowest BCUT2D eigenvalue weighted by Gasteiger charge is -2.50. The van der Waals surface area contributed by atoms with Crippen LogP contribution in [-0.2, 0) is 0 Å². The molecule has 0 amide bonds. The minimum absolute atomic E-state index is 0.290. The highest BCUT2D eigenvalue weighted by molar-refractivity contribution is 7.99. The maximum Gasteiger partial charge on any atom is 0.0458 e. The van der Waals surface area contributed by atoms with Crippen LogP contribution in [0, 0.1) is 11.8 Å². The third-order valence-electron chi connectivity index (χ3n) is 5.12. The molecule has 0 aliphatic carbocycles. The first-order chi connectivity index (χ1) is 8.14. The van der Waals surface area contributed by atoms with Crippen molar-refractivity contribution >= 4 is 11.8 Å². The van der Waals surface area contributed by atoms with Gasteiger partial charge in [0.25, 0.3) is 0 Å². The van der Waals surface area contributed by atoms with E-state index in [1.54, 1.807) is 0 Å². The van der Waals surface area contributed by atoms with Gasteiger partial charge in [0.05, 0.1) is 0 Å². The van der Waals surface area contributed by atoms with E-state index in [0.717, 1.165) is 24.4 Å². The van der Waals surface area contributed by atoms with Crippen molar-refractivity contribution in [3.05, 3.63) is 0 Å². The van der Waals surface area contributed by atoms with Gasteiger partial charge < -0.3 is 5.73 Å². The highest BCUT2D eigenvalue weighted by Crippen LogP contribution is 2.41. The Morgan fingerprint density at radius 3 is 2.65 bits per heavy atom. The molecule has 17 heavy (non-hydrogen) atoms. The van der Waals surface area contributed by atoms with Gasteiger partial charge in [-0.15, -0.1) is 0 Å².